The van der Waals surface area contributed by atoms with Crippen LogP contribution < -0.4 is 14.8 Å². The number of carbonyl (C=O) groups is 2. The third-order valence-corrected chi connectivity index (χ3v) is 5.90. The number of alkyl carbamates (subject to hydrolysis) is 1. The summed E-state index contributed by atoms with van der Waals surface area (Å²) in [6, 6.07) is 12.7. The molecule has 0 spiro atoms. The highest BCUT2D eigenvalue weighted by Gasteiger charge is 2.23. The van der Waals surface area contributed by atoms with Gasteiger partial charge in [0.2, 0.25) is 0 Å². The van der Waals surface area contributed by atoms with Crippen molar-refractivity contribution in [3.63, 3.8) is 0 Å². The summed E-state index contributed by atoms with van der Waals surface area (Å²) < 4.78 is 37.9. The third kappa shape index (κ3) is 7.25. The van der Waals surface area contributed by atoms with E-state index in [0.29, 0.717) is 42.3 Å². The van der Waals surface area contributed by atoms with E-state index >= 15 is 4.39 Å². The first-order valence-corrected chi connectivity index (χ1v) is 12.9. The molecule has 9 heteroatoms. The molecule has 0 aliphatic carbocycles. The Morgan fingerprint density at radius 3 is 2.69 bits per heavy atom. The molecule has 2 heterocycles. The van der Waals surface area contributed by atoms with Gasteiger partial charge in [-0.2, -0.15) is 0 Å². The molecule has 3 aromatic rings. The van der Waals surface area contributed by atoms with Crippen molar-refractivity contribution in [2.24, 2.45) is 0 Å². The number of rotatable bonds is 9. The van der Waals surface area contributed by atoms with Crippen LogP contribution in [0, 0.1) is 5.82 Å². The minimum absolute atomic E-state index is 0.0830. The van der Waals surface area contributed by atoms with Crippen molar-refractivity contribution in [1.82, 2.24) is 10.3 Å². The van der Waals surface area contributed by atoms with Gasteiger partial charge >= 0.3 is 12.1 Å². The lowest BCUT2D eigenvalue weighted by Gasteiger charge is -2.19. The Balaban J connectivity index is 1.56. The number of pyridine rings is 1. The SMILES string of the molecule is CCOC(=O)Cc1ccccc1OCc1cc2c(c(-c3ccnc(CNC(=O)OC(C)(C)C)c3F)c1)OCC2. The van der Waals surface area contributed by atoms with Gasteiger partial charge in [0.1, 0.15) is 23.7 Å². The van der Waals surface area contributed by atoms with E-state index in [-0.39, 0.29) is 31.2 Å². The zero-order chi connectivity index (χ0) is 28.0. The molecule has 1 N–H and O–H groups in total. The number of esters is 1. The number of para-hydroxylation sites is 1. The number of hydrogen-bond acceptors (Lipinski definition) is 7. The topological polar surface area (TPSA) is 96.0 Å². The highest BCUT2D eigenvalue weighted by atomic mass is 19.1. The normalized spacial score (nSPS) is 12.3. The molecular formula is C30H33FN2O6. The maximum Gasteiger partial charge on any atom is 0.407 e. The molecule has 206 valence electrons. The Kier molecular flexibility index (Phi) is 8.69. The van der Waals surface area contributed by atoms with Gasteiger partial charge in [0.15, 0.2) is 5.82 Å². The molecule has 8 nitrogen and oxygen atoms in total. The largest absolute Gasteiger partial charge is 0.492 e. The van der Waals surface area contributed by atoms with Crippen molar-refractivity contribution in [2.75, 3.05) is 13.2 Å². The Hall–Kier alpha value is -4.14. The first kappa shape index (κ1) is 27.9. The highest BCUT2D eigenvalue weighted by Crippen LogP contribution is 2.39. The van der Waals surface area contributed by atoms with Gasteiger partial charge in [0.25, 0.3) is 0 Å². The second-order valence-electron chi connectivity index (χ2n) is 10.1. The summed E-state index contributed by atoms with van der Waals surface area (Å²) in [7, 11) is 0. The summed E-state index contributed by atoms with van der Waals surface area (Å²) in [5.41, 5.74) is 2.82. The van der Waals surface area contributed by atoms with E-state index in [4.69, 9.17) is 18.9 Å². The number of hydrogen-bond donors (Lipinski definition) is 1. The molecule has 4 rings (SSSR count). The molecule has 1 aromatic heterocycles. The molecule has 39 heavy (non-hydrogen) atoms. The molecule has 1 aliphatic rings. The van der Waals surface area contributed by atoms with E-state index in [9.17, 15) is 9.59 Å². The van der Waals surface area contributed by atoms with Crippen molar-refractivity contribution in [3.05, 3.63) is 76.9 Å². The highest BCUT2D eigenvalue weighted by molar-refractivity contribution is 5.75. The molecule has 0 fully saturated rings. The van der Waals surface area contributed by atoms with Gasteiger partial charge in [-0.3, -0.25) is 9.78 Å². The summed E-state index contributed by atoms with van der Waals surface area (Å²) in [5, 5.41) is 2.56. The number of aromatic nitrogens is 1. The van der Waals surface area contributed by atoms with Crippen molar-refractivity contribution >= 4 is 12.1 Å². The van der Waals surface area contributed by atoms with Crippen LogP contribution in [0.2, 0.25) is 0 Å². The van der Waals surface area contributed by atoms with Crippen LogP contribution in [0.5, 0.6) is 11.5 Å². The monoisotopic (exact) mass is 536 g/mol. The molecule has 1 aliphatic heterocycles. The number of fused-ring (bicyclic) bond motifs is 1. The van der Waals surface area contributed by atoms with Crippen LogP contribution in [0.1, 0.15) is 50.1 Å². The maximum atomic E-state index is 15.6. The van der Waals surface area contributed by atoms with Crippen LogP contribution in [0.3, 0.4) is 0 Å². The number of nitrogens with zero attached hydrogens (tertiary/aromatic N) is 1. The fraction of sp³-hybridized carbons (Fsp3) is 0.367. The van der Waals surface area contributed by atoms with Gasteiger partial charge in [0.05, 0.1) is 31.9 Å². The van der Waals surface area contributed by atoms with Crippen LogP contribution >= 0.6 is 0 Å². The summed E-state index contributed by atoms with van der Waals surface area (Å²) in [5.74, 6) is 0.326. The van der Waals surface area contributed by atoms with Crippen molar-refractivity contribution in [3.8, 4) is 22.6 Å². The minimum atomic E-state index is -0.669. The van der Waals surface area contributed by atoms with Crippen molar-refractivity contribution in [2.45, 2.75) is 59.3 Å². The molecule has 0 unspecified atom stereocenters. The third-order valence-electron chi connectivity index (χ3n) is 5.90. The Labute approximate surface area is 227 Å². The standard InChI is InChI=1S/C30H33FN2O6/c1-5-36-26(34)16-20-8-6-7-9-25(20)38-18-19-14-21-11-13-37-28(21)23(15-19)22-10-12-32-24(27(22)31)17-33-29(35)39-30(2,3)4/h6-10,12,14-15H,5,11,13,16-18H2,1-4H3,(H,33,35). The number of halogens is 1. The predicted octanol–water partition coefficient (Wildman–Crippen LogP) is 5.53. The summed E-state index contributed by atoms with van der Waals surface area (Å²) >= 11 is 0. The zero-order valence-electron chi connectivity index (χ0n) is 22.6. The van der Waals surface area contributed by atoms with Crippen LogP contribution in [-0.4, -0.2) is 35.9 Å². The van der Waals surface area contributed by atoms with E-state index in [1.807, 2.05) is 30.3 Å². The summed E-state index contributed by atoms with van der Waals surface area (Å²) in [6.07, 6.45) is 1.65. The molecule has 0 atom stereocenters. The first-order valence-electron chi connectivity index (χ1n) is 12.9. The zero-order valence-corrected chi connectivity index (χ0v) is 22.6. The average Bonchev–Trinajstić information content (AvgIpc) is 3.35. The van der Waals surface area contributed by atoms with Gasteiger partial charge in [-0.15, -0.1) is 0 Å². The lowest BCUT2D eigenvalue weighted by Crippen LogP contribution is -2.32. The quantitative estimate of drug-likeness (QED) is 0.359. The Morgan fingerprint density at radius 1 is 1.13 bits per heavy atom. The molecular weight excluding hydrogens is 503 g/mol. The number of ether oxygens (including phenoxy) is 4. The number of carbonyl (C=O) groups excluding carboxylic acids is 2. The predicted molar refractivity (Wildman–Crippen MR) is 143 cm³/mol. The van der Waals surface area contributed by atoms with Gasteiger partial charge in [-0.25, -0.2) is 9.18 Å². The van der Waals surface area contributed by atoms with Gasteiger partial charge in [0, 0.05) is 29.3 Å². The molecule has 0 saturated carbocycles. The van der Waals surface area contributed by atoms with E-state index in [1.54, 1.807) is 39.8 Å². The van der Waals surface area contributed by atoms with Crippen molar-refractivity contribution < 1.29 is 32.9 Å². The maximum absolute atomic E-state index is 15.6. The number of nitrogens with one attached hydrogen (secondary N) is 1. The Morgan fingerprint density at radius 2 is 1.92 bits per heavy atom. The fourth-order valence-electron chi connectivity index (χ4n) is 4.27. The lowest BCUT2D eigenvalue weighted by molar-refractivity contribution is -0.142. The molecule has 0 radical (unpaired) electrons. The number of amides is 1. The van der Waals surface area contributed by atoms with Crippen molar-refractivity contribution in [1.29, 1.82) is 0 Å². The first-order chi connectivity index (χ1) is 18.6. The van der Waals surface area contributed by atoms with Crippen LogP contribution in [0.15, 0.2) is 48.7 Å². The second-order valence-corrected chi connectivity index (χ2v) is 10.1. The van der Waals surface area contributed by atoms with E-state index in [1.165, 1.54) is 6.20 Å². The average molecular weight is 537 g/mol. The summed E-state index contributed by atoms with van der Waals surface area (Å²) in [4.78, 5) is 28.2. The fourth-order valence-corrected chi connectivity index (χ4v) is 4.27. The molecule has 2 aromatic carbocycles. The van der Waals surface area contributed by atoms with E-state index in [0.717, 1.165) is 16.7 Å². The molecule has 0 saturated heterocycles. The van der Waals surface area contributed by atoms with Gasteiger partial charge < -0.3 is 24.3 Å². The van der Waals surface area contributed by atoms with Gasteiger partial charge in [-0.05, 0) is 63.1 Å². The van der Waals surface area contributed by atoms with E-state index < -0.39 is 17.5 Å². The smallest absolute Gasteiger partial charge is 0.407 e. The minimum Gasteiger partial charge on any atom is -0.492 e. The van der Waals surface area contributed by atoms with Crippen LogP contribution in [0.4, 0.5) is 9.18 Å². The van der Waals surface area contributed by atoms with Crippen LogP contribution in [-0.2, 0) is 40.3 Å². The lowest BCUT2D eigenvalue weighted by atomic mass is 9.97. The Bertz CT molecular complexity index is 1350. The molecule has 1 amide bonds. The summed E-state index contributed by atoms with van der Waals surface area (Å²) in [6.45, 7) is 7.91. The van der Waals surface area contributed by atoms with E-state index in [2.05, 4.69) is 10.3 Å². The molecule has 0 bridgehead atoms. The second kappa shape index (κ2) is 12.1. The number of benzene rings is 2. The van der Waals surface area contributed by atoms with Gasteiger partial charge in [-0.1, -0.05) is 18.2 Å². The van der Waals surface area contributed by atoms with Crippen LogP contribution in [0.25, 0.3) is 11.1 Å².